The molecule has 1 aliphatic rings. The molecular weight excluding hydrogens is 548 g/mol. The molecule has 12 nitrogen and oxygen atoms in total. The van der Waals surface area contributed by atoms with E-state index in [2.05, 4.69) is 64.4 Å². The first kappa shape index (κ1) is 35.5. The molecule has 2 aromatic rings. The van der Waals surface area contributed by atoms with Gasteiger partial charge in [0.1, 0.15) is 5.75 Å². The summed E-state index contributed by atoms with van der Waals surface area (Å²) in [4.78, 5) is 43.2. The fourth-order valence-electron chi connectivity index (χ4n) is 4.06. The van der Waals surface area contributed by atoms with Crippen LogP contribution in [0.1, 0.15) is 23.6 Å². The Labute approximate surface area is 244 Å². The number of hydrogen-bond acceptors (Lipinski definition) is 8. The molecule has 228 valence electrons. The molecule has 0 radical (unpaired) electrons. The first-order chi connectivity index (χ1) is 20.0. The minimum absolute atomic E-state index is 0.246. The number of aliphatic carboxylic acids is 4. The lowest BCUT2D eigenvalue weighted by Gasteiger charge is -2.39. The van der Waals surface area contributed by atoms with E-state index >= 15 is 0 Å². The third-order valence-corrected chi connectivity index (χ3v) is 6.05. The zero-order valence-corrected chi connectivity index (χ0v) is 23.4. The second-order valence-electron chi connectivity index (χ2n) is 8.93. The van der Waals surface area contributed by atoms with Crippen molar-refractivity contribution in [1.29, 1.82) is 0 Å². The summed E-state index contributed by atoms with van der Waals surface area (Å²) in [6, 6.07) is 19.7. The number of carbonyl (C=O) groups is 4. The summed E-state index contributed by atoms with van der Waals surface area (Å²) in [5.41, 5.74) is 2.75. The summed E-state index contributed by atoms with van der Waals surface area (Å²) in [6.45, 7) is 5.18. The highest BCUT2D eigenvalue weighted by molar-refractivity contribution is 5.90. The van der Waals surface area contributed by atoms with Gasteiger partial charge in [0.25, 0.3) is 0 Å². The maximum atomic E-state index is 9.55. The van der Waals surface area contributed by atoms with Gasteiger partial charge in [-0.25, -0.2) is 19.2 Å². The maximum Gasteiger partial charge on any atom is 0.328 e. The van der Waals surface area contributed by atoms with Crippen LogP contribution in [-0.4, -0.2) is 106 Å². The first-order valence-electron chi connectivity index (χ1n) is 13.1. The smallest absolute Gasteiger partial charge is 0.328 e. The molecule has 2 aromatic carbocycles. The van der Waals surface area contributed by atoms with E-state index in [1.165, 1.54) is 11.1 Å². The van der Waals surface area contributed by atoms with Gasteiger partial charge in [-0.2, -0.15) is 0 Å². The molecule has 0 bridgehead atoms. The minimum atomic E-state index is -1.26. The number of aryl methyl sites for hydroxylation is 1. The SMILES string of the molecule is COc1ccc(C(CCc2ccccc2)N2CCN(CCO)CC2)cc1.O=C(O)/C=C\C(=O)O.O=C(O)/C=C\C(=O)O. The van der Waals surface area contributed by atoms with Gasteiger partial charge in [0.15, 0.2) is 0 Å². The maximum absolute atomic E-state index is 9.55. The van der Waals surface area contributed by atoms with Gasteiger partial charge in [-0.15, -0.1) is 0 Å². The zero-order chi connectivity index (χ0) is 31.3. The Morgan fingerprint density at radius 1 is 0.762 bits per heavy atom. The lowest BCUT2D eigenvalue weighted by Crippen LogP contribution is -2.48. The molecule has 0 aromatic heterocycles. The molecule has 1 atom stereocenters. The van der Waals surface area contributed by atoms with Crippen LogP contribution in [0.4, 0.5) is 0 Å². The van der Waals surface area contributed by atoms with Gasteiger partial charge in [-0.05, 0) is 36.1 Å². The van der Waals surface area contributed by atoms with E-state index in [0.717, 1.165) is 51.3 Å². The van der Waals surface area contributed by atoms with Gasteiger partial charge in [0, 0.05) is 63.1 Å². The van der Waals surface area contributed by atoms with Crippen LogP contribution in [0.3, 0.4) is 0 Å². The molecule has 1 heterocycles. The fraction of sp³-hybridized carbons (Fsp3) is 0.333. The second kappa shape index (κ2) is 20.4. The largest absolute Gasteiger partial charge is 0.497 e. The summed E-state index contributed by atoms with van der Waals surface area (Å²) in [5.74, 6) is -4.12. The Balaban J connectivity index is 0.000000454. The van der Waals surface area contributed by atoms with Gasteiger partial charge in [0.05, 0.1) is 13.7 Å². The van der Waals surface area contributed by atoms with Gasteiger partial charge >= 0.3 is 23.9 Å². The highest BCUT2D eigenvalue weighted by atomic mass is 16.5. The predicted octanol–water partition coefficient (Wildman–Crippen LogP) is 2.40. The summed E-state index contributed by atoms with van der Waals surface area (Å²) in [6.07, 6.45) is 4.42. The zero-order valence-electron chi connectivity index (χ0n) is 23.4. The number of methoxy groups -OCH3 is 1. The monoisotopic (exact) mass is 586 g/mol. The van der Waals surface area contributed by atoms with Crippen molar-refractivity contribution < 1.29 is 49.4 Å². The van der Waals surface area contributed by atoms with Crippen molar-refractivity contribution in [2.45, 2.75) is 18.9 Å². The van der Waals surface area contributed by atoms with Crippen molar-refractivity contribution in [3.63, 3.8) is 0 Å². The van der Waals surface area contributed by atoms with Gasteiger partial charge in [-0.3, -0.25) is 9.80 Å². The number of benzene rings is 2. The molecule has 0 saturated carbocycles. The topological polar surface area (TPSA) is 185 Å². The molecule has 12 heteroatoms. The van der Waals surface area contributed by atoms with Gasteiger partial charge < -0.3 is 30.3 Å². The normalized spacial score (nSPS) is 14.2. The van der Waals surface area contributed by atoms with Crippen LogP contribution < -0.4 is 4.74 Å². The number of nitrogens with zero attached hydrogens (tertiary/aromatic N) is 2. The van der Waals surface area contributed by atoms with E-state index in [0.29, 0.717) is 30.3 Å². The van der Waals surface area contributed by atoms with Crippen LogP contribution in [0.25, 0.3) is 0 Å². The van der Waals surface area contributed by atoms with Crippen molar-refractivity contribution in [3.05, 3.63) is 90.0 Å². The summed E-state index contributed by atoms with van der Waals surface area (Å²) in [5, 5.41) is 40.4. The molecule has 42 heavy (non-hydrogen) atoms. The number of piperazine rings is 1. The van der Waals surface area contributed by atoms with Crippen LogP contribution in [-0.2, 0) is 25.6 Å². The van der Waals surface area contributed by atoms with Gasteiger partial charge in [0.2, 0.25) is 0 Å². The Hall–Kier alpha value is -4.52. The molecule has 1 unspecified atom stereocenters. The van der Waals surface area contributed by atoms with Crippen LogP contribution in [0.5, 0.6) is 5.75 Å². The Morgan fingerprint density at radius 3 is 1.64 bits per heavy atom. The molecule has 1 fully saturated rings. The molecule has 0 spiro atoms. The highest BCUT2D eigenvalue weighted by Crippen LogP contribution is 2.28. The third kappa shape index (κ3) is 15.9. The van der Waals surface area contributed by atoms with E-state index in [1.54, 1.807) is 7.11 Å². The average Bonchev–Trinajstić information content (AvgIpc) is 2.97. The number of rotatable bonds is 12. The number of ether oxygens (including phenoxy) is 1. The molecule has 0 amide bonds. The van der Waals surface area contributed by atoms with Crippen LogP contribution in [0, 0.1) is 0 Å². The highest BCUT2D eigenvalue weighted by Gasteiger charge is 2.24. The number of carboxylic acids is 4. The molecular formula is C30H38N2O10. The minimum Gasteiger partial charge on any atom is -0.497 e. The first-order valence-corrected chi connectivity index (χ1v) is 13.1. The fourth-order valence-corrected chi connectivity index (χ4v) is 4.06. The van der Waals surface area contributed by atoms with Crippen molar-refractivity contribution in [3.8, 4) is 5.75 Å². The molecule has 1 saturated heterocycles. The number of hydrogen-bond donors (Lipinski definition) is 5. The number of aliphatic hydroxyl groups is 1. The lowest BCUT2D eigenvalue weighted by atomic mass is 9.96. The Bertz CT molecular complexity index is 1090. The van der Waals surface area contributed by atoms with E-state index in [4.69, 9.17) is 30.3 Å². The Morgan fingerprint density at radius 2 is 1.24 bits per heavy atom. The van der Waals surface area contributed by atoms with E-state index in [1.807, 2.05) is 0 Å². The lowest BCUT2D eigenvalue weighted by molar-refractivity contribution is -0.134. The third-order valence-electron chi connectivity index (χ3n) is 6.05. The van der Waals surface area contributed by atoms with E-state index < -0.39 is 23.9 Å². The number of aliphatic hydroxyl groups excluding tert-OH is 1. The summed E-state index contributed by atoms with van der Waals surface area (Å²) >= 11 is 0. The molecule has 3 rings (SSSR count). The molecule has 5 N–H and O–H groups in total. The standard InChI is InChI=1S/C22H30N2O2.2C4H4O4/c1-26-21-10-8-20(9-11-21)22(12-7-19-5-3-2-4-6-19)24-15-13-23(14-16-24)17-18-25;2*5-3(6)1-2-4(7)8/h2-6,8-11,22,25H,7,12-18H2,1H3;2*1-2H,(H,5,6)(H,7,8)/b;2*2-1-. The van der Waals surface area contributed by atoms with Crippen LogP contribution >= 0.6 is 0 Å². The predicted molar refractivity (Wildman–Crippen MR) is 154 cm³/mol. The van der Waals surface area contributed by atoms with Crippen molar-refractivity contribution in [2.75, 3.05) is 46.4 Å². The summed E-state index contributed by atoms with van der Waals surface area (Å²) < 4.78 is 5.32. The van der Waals surface area contributed by atoms with Crippen molar-refractivity contribution >= 4 is 23.9 Å². The molecule has 0 aliphatic carbocycles. The van der Waals surface area contributed by atoms with E-state index in [-0.39, 0.29) is 6.61 Å². The average molecular weight is 587 g/mol. The van der Waals surface area contributed by atoms with Crippen LogP contribution in [0.2, 0.25) is 0 Å². The number of carboxylic acid groups (broad SMARTS) is 4. The van der Waals surface area contributed by atoms with Crippen molar-refractivity contribution in [2.24, 2.45) is 0 Å². The second-order valence-corrected chi connectivity index (χ2v) is 8.93. The molecule has 1 aliphatic heterocycles. The van der Waals surface area contributed by atoms with Gasteiger partial charge in [-0.1, -0.05) is 42.5 Å². The Kier molecular flexibility index (Phi) is 17.2. The van der Waals surface area contributed by atoms with E-state index in [9.17, 15) is 19.2 Å². The number of β-amino-alcohol motifs (C(OH)–C–C–N with tert-alkyl or cyclic N) is 1. The van der Waals surface area contributed by atoms with Crippen LogP contribution in [0.15, 0.2) is 78.9 Å². The summed E-state index contributed by atoms with van der Waals surface area (Å²) in [7, 11) is 1.71. The van der Waals surface area contributed by atoms with Crippen molar-refractivity contribution in [1.82, 2.24) is 9.80 Å². The quantitative estimate of drug-likeness (QED) is 0.229.